The van der Waals surface area contributed by atoms with Crippen LogP contribution in [0, 0.1) is 28.0 Å². The number of H-pyrrole nitrogens is 1. The van der Waals surface area contributed by atoms with Crippen LogP contribution in [-0.2, 0) is 11.2 Å². The van der Waals surface area contributed by atoms with Crippen molar-refractivity contribution in [3.8, 4) is 6.07 Å². The predicted molar refractivity (Wildman–Crippen MR) is 108 cm³/mol. The lowest BCUT2D eigenvalue weighted by molar-refractivity contribution is -0.603. The van der Waals surface area contributed by atoms with Gasteiger partial charge in [-0.05, 0) is 55.9 Å². The average molecular weight is 411 g/mol. The lowest BCUT2D eigenvalue weighted by Crippen LogP contribution is -2.49. The molecule has 0 bridgehead atoms. The molecule has 2 aliphatic rings. The highest BCUT2D eigenvalue weighted by Crippen LogP contribution is 2.44. The monoisotopic (exact) mass is 411 g/mol. The minimum absolute atomic E-state index is 0.121. The van der Waals surface area contributed by atoms with Gasteiger partial charge in [-0.2, -0.15) is 5.26 Å². The van der Waals surface area contributed by atoms with Crippen LogP contribution in [0.4, 0.5) is 4.39 Å². The van der Waals surface area contributed by atoms with E-state index >= 15 is 0 Å². The van der Waals surface area contributed by atoms with Crippen molar-refractivity contribution in [1.29, 1.82) is 5.26 Å². The largest absolute Gasteiger partial charge is 0.347 e. The van der Waals surface area contributed by atoms with Gasteiger partial charge in [-0.1, -0.05) is 0 Å². The van der Waals surface area contributed by atoms with Crippen LogP contribution < -0.4 is 10.9 Å². The Balaban J connectivity index is 1.54. The number of aromatic nitrogens is 1. The maximum atomic E-state index is 13.8. The summed E-state index contributed by atoms with van der Waals surface area (Å²) in [5.41, 5.74) is 1.36. The number of piperidine rings is 1. The molecule has 0 radical (unpaired) electrons. The van der Waals surface area contributed by atoms with E-state index in [2.05, 4.69) is 16.4 Å². The molecule has 1 amide bonds. The predicted octanol–water partition coefficient (Wildman–Crippen LogP) is 2.67. The lowest BCUT2D eigenvalue weighted by atomic mass is 9.92. The zero-order chi connectivity index (χ0) is 21.4. The number of benzene rings is 1. The number of carbonyl (C=O) groups excluding carboxylic acids is 1. The number of hydrogen-bond donors (Lipinski definition) is 2. The van der Waals surface area contributed by atoms with Crippen molar-refractivity contribution >= 4 is 16.8 Å². The van der Waals surface area contributed by atoms with E-state index < -0.39 is 12.1 Å². The fourth-order valence-corrected chi connectivity index (χ4v) is 4.47. The van der Waals surface area contributed by atoms with Crippen LogP contribution in [0.25, 0.3) is 10.9 Å². The van der Waals surface area contributed by atoms with Crippen LogP contribution in [0.1, 0.15) is 49.7 Å². The van der Waals surface area contributed by atoms with Crippen LogP contribution in [0.2, 0.25) is 0 Å². The molecular weight excluding hydrogens is 387 g/mol. The first-order chi connectivity index (χ1) is 14.4. The second-order valence-electron chi connectivity index (χ2n) is 8.41. The Bertz CT molecular complexity index is 1120. The topological polar surface area (TPSA) is 106 Å². The number of nitrogens with zero attached hydrogens (tertiary/aromatic N) is 2. The minimum Gasteiger partial charge on any atom is -0.347 e. The zero-order valence-corrected chi connectivity index (χ0v) is 16.8. The summed E-state index contributed by atoms with van der Waals surface area (Å²) in [6.07, 6.45) is 2.86. The molecule has 2 heterocycles. The van der Waals surface area contributed by atoms with Gasteiger partial charge in [0.15, 0.2) is 0 Å². The van der Waals surface area contributed by atoms with Gasteiger partial charge in [-0.3, -0.25) is 9.59 Å². The van der Waals surface area contributed by atoms with E-state index in [1.165, 1.54) is 12.1 Å². The fraction of sp³-hybridized carbons (Fsp3) is 0.500. The first-order valence-corrected chi connectivity index (χ1v) is 10.3. The van der Waals surface area contributed by atoms with Gasteiger partial charge in [0.2, 0.25) is 18.5 Å². The highest BCUT2D eigenvalue weighted by molar-refractivity contribution is 5.87. The van der Waals surface area contributed by atoms with Crippen LogP contribution in [0.3, 0.4) is 0 Å². The van der Waals surface area contributed by atoms with Crippen LogP contribution in [0.5, 0.6) is 0 Å². The molecule has 156 valence electrons. The van der Waals surface area contributed by atoms with E-state index in [-0.39, 0.29) is 42.1 Å². The number of aromatic amines is 1. The Morgan fingerprint density at radius 3 is 2.80 bits per heavy atom. The molecule has 8 heteroatoms. The third-order valence-corrected chi connectivity index (χ3v) is 6.17. The van der Waals surface area contributed by atoms with Gasteiger partial charge < -0.3 is 10.3 Å². The molecule has 1 aliphatic carbocycles. The molecule has 2 unspecified atom stereocenters. The third-order valence-electron chi connectivity index (χ3n) is 6.17. The van der Waals surface area contributed by atoms with Crippen molar-refractivity contribution in [1.82, 2.24) is 10.3 Å². The summed E-state index contributed by atoms with van der Waals surface area (Å²) < 4.78 is 14.7. The summed E-state index contributed by atoms with van der Waals surface area (Å²) in [6, 6.07) is 5.58. The summed E-state index contributed by atoms with van der Waals surface area (Å²) in [7, 11) is 0. The summed E-state index contributed by atoms with van der Waals surface area (Å²) in [6.45, 7) is 1.91. The SMILES string of the molecule is C[C@@H](NC(=O)Cc1c(C2CC2)c2cc(F)ccc2[nH]c1=O)C1CCC(C#N)C[N+]1=O. The van der Waals surface area contributed by atoms with Gasteiger partial charge in [0.25, 0.3) is 5.56 Å². The summed E-state index contributed by atoms with van der Waals surface area (Å²) in [5, 5.41) is 12.5. The van der Waals surface area contributed by atoms with Crippen LogP contribution >= 0.6 is 0 Å². The Hall–Kier alpha value is -3.08. The number of carbonyl (C=O) groups is 1. The van der Waals surface area contributed by atoms with E-state index in [0.29, 0.717) is 29.3 Å². The summed E-state index contributed by atoms with van der Waals surface area (Å²) >= 11 is 0. The number of pyridine rings is 1. The number of nitroso groups, excluding NO2 is 1. The van der Waals surface area contributed by atoms with Crippen molar-refractivity contribution in [3.63, 3.8) is 0 Å². The maximum absolute atomic E-state index is 13.8. The molecular formula is C22H24FN4O3+. The van der Waals surface area contributed by atoms with Crippen molar-refractivity contribution < 1.29 is 13.9 Å². The van der Waals surface area contributed by atoms with Crippen molar-refractivity contribution in [3.05, 3.63) is 50.4 Å². The number of amides is 1. The Kier molecular flexibility index (Phi) is 5.37. The molecule has 7 nitrogen and oxygen atoms in total. The molecule has 1 aromatic carbocycles. The minimum atomic E-state index is -0.406. The molecule has 2 N–H and O–H groups in total. The zero-order valence-electron chi connectivity index (χ0n) is 16.8. The smallest absolute Gasteiger partial charge is 0.252 e. The van der Waals surface area contributed by atoms with Gasteiger partial charge in [0.1, 0.15) is 11.7 Å². The van der Waals surface area contributed by atoms with Crippen LogP contribution in [-0.4, -0.2) is 34.3 Å². The van der Waals surface area contributed by atoms with Gasteiger partial charge >= 0.3 is 0 Å². The lowest BCUT2D eigenvalue weighted by Gasteiger charge is -2.23. The van der Waals surface area contributed by atoms with Crippen LogP contribution in [0.15, 0.2) is 23.0 Å². The molecule has 2 aromatic rings. The highest BCUT2D eigenvalue weighted by atomic mass is 19.1. The normalized spacial score (nSPS) is 22.5. The maximum Gasteiger partial charge on any atom is 0.252 e. The Morgan fingerprint density at radius 2 is 2.13 bits per heavy atom. The summed E-state index contributed by atoms with van der Waals surface area (Å²) in [5.74, 6) is -0.847. The molecule has 3 atom stereocenters. The first-order valence-electron chi connectivity index (χ1n) is 10.3. The van der Waals surface area contributed by atoms with Crippen molar-refractivity contribution in [2.75, 3.05) is 6.54 Å². The van der Waals surface area contributed by atoms with Gasteiger partial charge in [-0.15, -0.1) is 0 Å². The second kappa shape index (κ2) is 7.98. The van der Waals surface area contributed by atoms with E-state index in [4.69, 9.17) is 5.26 Å². The average Bonchev–Trinajstić information content (AvgIpc) is 3.53. The van der Waals surface area contributed by atoms with Gasteiger partial charge in [0, 0.05) is 32.6 Å². The first kappa shape index (κ1) is 20.2. The van der Waals surface area contributed by atoms with Gasteiger partial charge in [0.05, 0.1) is 18.5 Å². The molecule has 0 spiro atoms. The quantitative estimate of drug-likeness (QED) is 0.738. The number of fused-ring (bicyclic) bond motifs is 1. The van der Waals surface area contributed by atoms with E-state index in [9.17, 15) is 18.9 Å². The number of nitriles is 1. The Morgan fingerprint density at radius 1 is 1.37 bits per heavy atom. The number of halogens is 1. The third kappa shape index (κ3) is 3.97. The van der Waals surface area contributed by atoms with E-state index in [0.717, 1.165) is 23.2 Å². The summed E-state index contributed by atoms with van der Waals surface area (Å²) in [4.78, 5) is 40.4. The van der Waals surface area contributed by atoms with Crippen molar-refractivity contribution in [2.24, 2.45) is 5.92 Å². The van der Waals surface area contributed by atoms with Gasteiger partial charge in [-0.25, -0.2) is 4.39 Å². The fourth-order valence-electron chi connectivity index (χ4n) is 4.47. The van der Waals surface area contributed by atoms with Crippen molar-refractivity contribution in [2.45, 2.75) is 57.0 Å². The molecule has 2 fully saturated rings. The second-order valence-corrected chi connectivity index (χ2v) is 8.41. The standard InChI is InChI=1S/C22H23FN4O3/c1-12(19-7-2-13(10-24)11-27(19)30)25-20(28)9-17-21(14-3-4-14)16-8-15(23)5-6-18(16)26-22(17)29/h5-6,8,12-14,19H,2-4,7,9,11H2,1H3,(H-,25,26,28,29)/p+1/t12-,13?,19?/m1/s1. The molecule has 1 saturated heterocycles. The molecule has 1 aliphatic heterocycles. The molecule has 1 saturated carbocycles. The highest BCUT2D eigenvalue weighted by Gasteiger charge is 2.39. The molecule has 1 aromatic heterocycles. The number of hydrogen-bond acceptors (Lipinski definition) is 4. The van der Waals surface area contributed by atoms with E-state index in [1.807, 2.05) is 0 Å². The van der Waals surface area contributed by atoms with E-state index in [1.54, 1.807) is 13.0 Å². The molecule has 4 rings (SSSR count). The Labute approximate surface area is 172 Å². The molecule has 30 heavy (non-hydrogen) atoms. The number of rotatable bonds is 5. The number of nitrogens with one attached hydrogen (secondary N) is 2.